The Balaban J connectivity index is 4.39. The number of hydrogen-bond acceptors (Lipinski definition) is 6. The van der Waals surface area contributed by atoms with Crippen LogP contribution in [0, 0.1) is 0 Å². The van der Waals surface area contributed by atoms with Gasteiger partial charge in [-0.3, -0.25) is 14.4 Å². The molecule has 0 aromatic carbocycles. The van der Waals surface area contributed by atoms with Crippen LogP contribution in [0.1, 0.15) is 265 Å². The maximum atomic E-state index is 12.8. The molecular formula is C63H106O6. The summed E-state index contributed by atoms with van der Waals surface area (Å²) in [5.74, 6) is -0.930. The van der Waals surface area contributed by atoms with E-state index in [0.717, 1.165) is 116 Å². The number of allylic oxidation sites excluding steroid dienone is 16. The molecule has 0 bridgehead atoms. The zero-order valence-electron chi connectivity index (χ0n) is 45.0. The summed E-state index contributed by atoms with van der Waals surface area (Å²) in [4.78, 5) is 38.1. The normalized spacial score (nSPS) is 12.8. The average Bonchev–Trinajstić information content (AvgIpc) is 3.35. The minimum absolute atomic E-state index is 0.0912. The van der Waals surface area contributed by atoms with E-state index in [1.165, 1.54) is 109 Å². The first kappa shape index (κ1) is 65.3. The molecule has 1 atom stereocenters. The van der Waals surface area contributed by atoms with E-state index < -0.39 is 6.10 Å². The van der Waals surface area contributed by atoms with Crippen LogP contribution in [-0.2, 0) is 28.6 Å². The van der Waals surface area contributed by atoms with Crippen LogP contribution >= 0.6 is 0 Å². The highest BCUT2D eigenvalue weighted by Gasteiger charge is 2.19. The van der Waals surface area contributed by atoms with Gasteiger partial charge in [0.15, 0.2) is 6.10 Å². The summed E-state index contributed by atoms with van der Waals surface area (Å²) in [6.45, 7) is 6.47. The third-order valence-corrected chi connectivity index (χ3v) is 12.1. The lowest BCUT2D eigenvalue weighted by Crippen LogP contribution is -2.30. The molecule has 0 amide bonds. The maximum Gasteiger partial charge on any atom is 0.306 e. The minimum atomic E-state index is -0.793. The highest BCUT2D eigenvalue weighted by molar-refractivity contribution is 5.71. The molecule has 0 heterocycles. The number of carbonyl (C=O) groups excluding carboxylic acids is 3. The SMILES string of the molecule is CC/C=C\C/C=C\C/C=C\C/C=C\C/C=C\C/C=C\C/C=C\CCCCCC(=O)OCC(COC(=O)CCCCCCC/C=C\CCCCC)OC(=O)CCCCCCCCCCCCCCCC. The average molecular weight is 960 g/mol. The summed E-state index contributed by atoms with van der Waals surface area (Å²) in [5, 5.41) is 0. The van der Waals surface area contributed by atoms with Crippen molar-refractivity contribution in [2.24, 2.45) is 0 Å². The van der Waals surface area contributed by atoms with E-state index in [1.54, 1.807) is 0 Å². The van der Waals surface area contributed by atoms with E-state index in [9.17, 15) is 14.4 Å². The van der Waals surface area contributed by atoms with Crippen molar-refractivity contribution >= 4 is 17.9 Å². The number of rotatable bonds is 51. The van der Waals surface area contributed by atoms with E-state index in [-0.39, 0.29) is 31.1 Å². The molecule has 6 heteroatoms. The minimum Gasteiger partial charge on any atom is -0.462 e. The van der Waals surface area contributed by atoms with Crippen LogP contribution in [0.25, 0.3) is 0 Å². The molecule has 69 heavy (non-hydrogen) atoms. The van der Waals surface area contributed by atoms with E-state index in [1.807, 2.05) is 0 Å². The standard InChI is InChI=1S/C63H106O6/c1-4-7-10-13-16-19-22-25-27-28-29-30-31-32-33-34-35-36-37-39-41-44-47-50-53-56-62(65)68-59-60(58-67-61(64)55-52-49-46-43-40-24-21-18-15-12-9-6-3)69-63(66)57-54-51-48-45-42-38-26-23-20-17-14-11-8-5-2/h7,10,16,18-19,21,25,27,29-30,32-33,35-36,39,41,60H,4-6,8-9,11-15,17,20,22-24,26,28,31,34,37-38,40,42-59H2,1-3H3/b10-7-,19-16-,21-18-,27-25-,30-29-,33-32-,36-35-,41-39-. The molecule has 0 saturated heterocycles. The van der Waals surface area contributed by atoms with Gasteiger partial charge < -0.3 is 14.2 Å². The van der Waals surface area contributed by atoms with Gasteiger partial charge in [0.1, 0.15) is 13.2 Å². The van der Waals surface area contributed by atoms with Gasteiger partial charge in [-0.25, -0.2) is 0 Å². The Hall–Kier alpha value is -3.67. The molecule has 6 nitrogen and oxygen atoms in total. The Kier molecular flexibility index (Phi) is 53.9. The first-order valence-corrected chi connectivity index (χ1v) is 28.7. The fourth-order valence-corrected chi connectivity index (χ4v) is 7.77. The number of esters is 3. The molecule has 0 radical (unpaired) electrons. The summed E-state index contributed by atoms with van der Waals surface area (Å²) < 4.78 is 16.8. The number of unbranched alkanes of at least 4 members (excludes halogenated alkanes) is 24. The van der Waals surface area contributed by atoms with Crippen LogP contribution < -0.4 is 0 Å². The lowest BCUT2D eigenvalue weighted by Gasteiger charge is -2.18. The van der Waals surface area contributed by atoms with Crippen molar-refractivity contribution in [2.75, 3.05) is 13.2 Å². The summed E-state index contributed by atoms with van der Waals surface area (Å²) >= 11 is 0. The second-order valence-electron chi connectivity index (χ2n) is 18.8. The van der Waals surface area contributed by atoms with Gasteiger partial charge in [-0.15, -0.1) is 0 Å². The van der Waals surface area contributed by atoms with Crippen LogP contribution in [0.4, 0.5) is 0 Å². The van der Waals surface area contributed by atoms with Gasteiger partial charge in [0.25, 0.3) is 0 Å². The maximum absolute atomic E-state index is 12.8. The Morgan fingerprint density at radius 2 is 0.565 bits per heavy atom. The van der Waals surface area contributed by atoms with Gasteiger partial charge in [0, 0.05) is 19.3 Å². The van der Waals surface area contributed by atoms with Gasteiger partial charge in [-0.05, 0) is 103 Å². The van der Waals surface area contributed by atoms with E-state index in [4.69, 9.17) is 14.2 Å². The topological polar surface area (TPSA) is 78.9 Å². The van der Waals surface area contributed by atoms with Gasteiger partial charge in [0.2, 0.25) is 0 Å². The largest absolute Gasteiger partial charge is 0.462 e. The number of hydrogen-bond donors (Lipinski definition) is 0. The third kappa shape index (κ3) is 55.1. The fourth-order valence-electron chi connectivity index (χ4n) is 7.77. The quantitative estimate of drug-likeness (QED) is 0.0262. The van der Waals surface area contributed by atoms with Crippen LogP contribution in [-0.4, -0.2) is 37.2 Å². The molecule has 0 spiro atoms. The van der Waals surface area contributed by atoms with Crippen LogP contribution in [0.2, 0.25) is 0 Å². The molecule has 0 rings (SSSR count). The van der Waals surface area contributed by atoms with Crippen molar-refractivity contribution in [3.05, 3.63) is 97.2 Å². The zero-order valence-corrected chi connectivity index (χ0v) is 45.0. The number of ether oxygens (including phenoxy) is 3. The van der Waals surface area contributed by atoms with Crippen molar-refractivity contribution in [3.8, 4) is 0 Å². The van der Waals surface area contributed by atoms with Gasteiger partial charge in [-0.1, -0.05) is 240 Å². The molecule has 0 fully saturated rings. The molecule has 0 aromatic heterocycles. The Bertz CT molecular complexity index is 1380. The molecule has 1 unspecified atom stereocenters. The van der Waals surface area contributed by atoms with Gasteiger partial charge in [-0.2, -0.15) is 0 Å². The van der Waals surface area contributed by atoms with E-state index >= 15 is 0 Å². The Morgan fingerprint density at radius 3 is 0.942 bits per heavy atom. The lowest BCUT2D eigenvalue weighted by molar-refractivity contribution is -0.167. The summed E-state index contributed by atoms with van der Waals surface area (Å²) in [5.41, 5.74) is 0. The van der Waals surface area contributed by atoms with Crippen molar-refractivity contribution < 1.29 is 28.6 Å². The molecule has 0 saturated carbocycles. The van der Waals surface area contributed by atoms with Crippen LogP contribution in [0.3, 0.4) is 0 Å². The summed E-state index contributed by atoms with van der Waals surface area (Å²) in [6.07, 6.45) is 75.4. The molecule has 0 aliphatic carbocycles. The van der Waals surface area contributed by atoms with Crippen LogP contribution in [0.15, 0.2) is 97.2 Å². The first-order chi connectivity index (χ1) is 34.0. The van der Waals surface area contributed by atoms with Crippen molar-refractivity contribution in [1.29, 1.82) is 0 Å². The highest BCUT2D eigenvalue weighted by atomic mass is 16.6. The smallest absolute Gasteiger partial charge is 0.306 e. The van der Waals surface area contributed by atoms with Crippen molar-refractivity contribution in [3.63, 3.8) is 0 Å². The lowest BCUT2D eigenvalue weighted by atomic mass is 10.0. The Morgan fingerprint density at radius 1 is 0.304 bits per heavy atom. The first-order valence-electron chi connectivity index (χ1n) is 28.7. The van der Waals surface area contributed by atoms with Crippen molar-refractivity contribution in [1.82, 2.24) is 0 Å². The predicted octanol–water partition coefficient (Wildman–Crippen LogP) is 19.3. The van der Waals surface area contributed by atoms with Gasteiger partial charge >= 0.3 is 17.9 Å². The highest BCUT2D eigenvalue weighted by Crippen LogP contribution is 2.15. The Labute approximate surface area is 426 Å². The van der Waals surface area contributed by atoms with Crippen LogP contribution in [0.5, 0.6) is 0 Å². The predicted molar refractivity (Wildman–Crippen MR) is 297 cm³/mol. The zero-order chi connectivity index (χ0) is 50.0. The second kappa shape index (κ2) is 56.9. The molecule has 0 aliphatic heterocycles. The third-order valence-electron chi connectivity index (χ3n) is 12.1. The van der Waals surface area contributed by atoms with E-state index in [2.05, 4.69) is 118 Å². The fraction of sp³-hybridized carbons (Fsp3) is 0.698. The summed E-state index contributed by atoms with van der Waals surface area (Å²) in [6, 6.07) is 0. The van der Waals surface area contributed by atoms with Gasteiger partial charge in [0.05, 0.1) is 0 Å². The molecular weight excluding hydrogens is 853 g/mol. The number of carbonyl (C=O) groups is 3. The molecule has 0 N–H and O–H groups in total. The monoisotopic (exact) mass is 959 g/mol. The molecule has 0 aromatic rings. The molecule has 394 valence electrons. The second-order valence-corrected chi connectivity index (χ2v) is 18.8. The van der Waals surface area contributed by atoms with Crippen molar-refractivity contribution in [2.45, 2.75) is 271 Å². The van der Waals surface area contributed by atoms with E-state index in [0.29, 0.717) is 19.3 Å². The summed E-state index contributed by atoms with van der Waals surface area (Å²) in [7, 11) is 0. The molecule has 0 aliphatic rings.